The molecule has 0 atom stereocenters. The second kappa shape index (κ2) is 30.1. The molecule has 34 valence electrons. The minimum absolute atomic E-state index is 0. The molecule has 0 heterocycles. The summed E-state index contributed by atoms with van der Waals surface area (Å²) in [4.78, 5) is 0. The van der Waals surface area contributed by atoms with E-state index in [0.29, 0.717) is 0 Å². The third-order valence-electron chi connectivity index (χ3n) is 0. The van der Waals surface area contributed by atoms with E-state index in [9.17, 15) is 0 Å². The van der Waals surface area contributed by atoms with Crippen LogP contribution in [0.2, 0.25) is 0 Å². The Morgan fingerprint density at radius 3 is 0.500 bits per heavy atom. The third-order valence-corrected chi connectivity index (χ3v) is 0. The van der Waals surface area contributed by atoms with Gasteiger partial charge in [-0.25, -0.2) is 0 Å². The minimum atomic E-state index is 0. The Bertz CT molecular complexity index is 3.25. The molecule has 0 aliphatic rings. The summed E-state index contributed by atoms with van der Waals surface area (Å²) in [5.41, 5.74) is 0. The van der Waals surface area contributed by atoms with E-state index >= 15 is 0 Å². The van der Waals surface area contributed by atoms with Gasteiger partial charge in [0.2, 0.25) is 0 Å². The molecule has 0 radical (unpaired) electrons. The normalized spacial score (nSPS) is 0. The van der Waals surface area contributed by atoms with Gasteiger partial charge in [-0.05, 0) is 0 Å². The van der Waals surface area contributed by atoms with Crippen molar-refractivity contribution in [2.45, 2.75) is 0 Å². The van der Waals surface area contributed by atoms with E-state index in [0.717, 1.165) is 0 Å². The Morgan fingerprint density at radius 1 is 0.500 bits per heavy atom. The molecule has 0 rings (SSSR count). The Balaban J connectivity index is 0. The van der Waals surface area contributed by atoms with Crippen molar-refractivity contribution in [3.63, 3.8) is 0 Å². The van der Waals surface area contributed by atoms with E-state index in [1.807, 2.05) is 0 Å². The fourth-order valence-electron chi connectivity index (χ4n) is 0. The van der Waals surface area contributed by atoms with Crippen LogP contribution in [-0.4, -0.2) is 0 Å². The predicted molar refractivity (Wildman–Crippen MR) is 0 cm³/mol. The molecule has 0 N–H and O–H groups in total. The Kier molecular flexibility index (Phi) is 484. The van der Waals surface area contributed by atoms with Gasteiger partial charge in [0, 0.05) is 0 Å². The molecule has 0 nitrogen and oxygen atoms in total. The topological polar surface area (TPSA) is 0 Å². The molecule has 0 saturated carbocycles. The van der Waals surface area contributed by atoms with Gasteiger partial charge in [0.15, 0.2) is 0 Å². The quantitative estimate of drug-likeness (QED) is 0.234. The fourth-order valence-corrected chi connectivity index (χ4v) is 0. The van der Waals surface area contributed by atoms with Crippen LogP contribution < -0.4 is 71.9 Å². The number of rotatable bonds is 0. The largest absolute Gasteiger partial charge is 1.00 e. The van der Waals surface area contributed by atoms with Crippen molar-refractivity contribution in [3.05, 3.63) is 0 Å². The van der Waals surface area contributed by atoms with Crippen molar-refractivity contribution in [1.29, 1.82) is 0 Å². The van der Waals surface area contributed by atoms with Crippen molar-refractivity contribution >= 4 is 0 Å². The number of hydrogen-bond donors (Lipinski definition) is 0. The first kappa shape index (κ1) is 64.3. The van der Waals surface area contributed by atoms with Crippen LogP contribution in [-0.2, 0) is 0 Å². The molecule has 4 heavy (non-hydrogen) atoms. The molecule has 0 fully saturated rings. The average molecular weight is 630 g/mol. The first-order valence-electron chi connectivity index (χ1n) is 0. The summed E-state index contributed by atoms with van der Waals surface area (Å²) in [6.07, 6.45) is 0. The van der Waals surface area contributed by atoms with Crippen LogP contribution in [0.4, 0.5) is 0 Å². The number of hydrogen-bond acceptors (Lipinski definition) is 0. The maximum Gasteiger partial charge on any atom is 0 e. The van der Waals surface area contributed by atoms with Gasteiger partial charge in [0.05, 0.1) is 0 Å². The molecule has 0 aliphatic carbocycles. The molecular formula is CfI3-3. The molecule has 4 heteroatoms. The molecule has 0 aliphatic heterocycles. The fraction of sp³-hybridized carbons (Fsp3) is 0. The van der Waals surface area contributed by atoms with Gasteiger partial charge in [-0.1, -0.05) is 0 Å². The summed E-state index contributed by atoms with van der Waals surface area (Å²) in [7, 11) is 0. The summed E-state index contributed by atoms with van der Waals surface area (Å²) in [6, 6.07) is 0. The average Bonchev–Trinajstić information content (AvgIpc) is 0. The van der Waals surface area contributed by atoms with E-state index in [1.165, 1.54) is 0 Å². The predicted octanol–water partition coefficient (Wildman–Crippen LogP) is -8.99. The molecule has 0 aromatic carbocycles. The van der Waals surface area contributed by atoms with E-state index in [2.05, 4.69) is 0 Å². The monoisotopic (exact) mass is 630 g/mol. The second-order valence-electron chi connectivity index (χ2n) is 0. The molecule has 0 spiro atoms. The smallest absolute Gasteiger partial charge is 0 e. The van der Waals surface area contributed by atoms with Crippen LogP contribution >= 0.6 is 0 Å². The van der Waals surface area contributed by atoms with Crippen LogP contribution in [0, 0.1) is 0 Å². The Hall–Kier alpha value is 1.19. The minimum Gasteiger partial charge on any atom is -1.00 e. The van der Waals surface area contributed by atoms with E-state index < -0.39 is 0 Å². The zero-order valence-corrected chi connectivity index (χ0v) is 10.6. The Labute approximate surface area is 70.8 Å². The van der Waals surface area contributed by atoms with Crippen molar-refractivity contribution in [2.24, 2.45) is 0 Å². The van der Waals surface area contributed by atoms with Crippen LogP contribution in [0.15, 0.2) is 0 Å². The van der Waals surface area contributed by atoms with Crippen LogP contribution in [0.5, 0.6) is 0 Å². The first-order chi connectivity index (χ1) is 0. The van der Waals surface area contributed by atoms with Gasteiger partial charge in [-0.2, -0.15) is 0 Å². The molecule has 0 unspecified atom stereocenters. The Morgan fingerprint density at radius 2 is 0.500 bits per heavy atom. The van der Waals surface area contributed by atoms with E-state index in [4.69, 9.17) is 0 Å². The van der Waals surface area contributed by atoms with Gasteiger partial charge in [-0.15, -0.1) is 0 Å². The van der Waals surface area contributed by atoms with Crippen LogP contribution in [0.3, 0.4) is 0 Å². The molecule has 0 amide bonds. The third kappa shape index (κ3) is 10.8. The zero-order valence-electron chi connectivity index (χ0n) is 1.45. The first-order valence-corrected chi connectivity index (χ1v) is 0. The van der Waals surface area contributed by atoms with E-state index in [1.54, 1.807) is 0 Å². The maximum absolute atomic E-state index is 0. The van der Waals surface area contributed by atoms with Gasteiger partial charge >= 0.3 is 0 Å². The standard InChI is InChI=1S/Cf.3HI/h;3*1H/p-3/i1-2;;;. The van der Waals surface area contributed by atoms with Crippen LogP contribution in [0.1, 0.15) is 0 Å². The van der Waals surface area contributed by atoms with Crippen LogP contribution in [0.25, 0.3) is 0 Å². The van der Waals surface area contributed by atoms with Crippen molar-refractivity contribution in [3.8, 4) is 0 Å². The summed E-state index contributed by atoms with van der Waals surface area (Å²) in [5.74, 6) is 0. The molecule has 0 aromatic heterocycles. The molecule has 0 aromatic rings. The van der Waals surface area contributed by atoms with Crippen molar-refractivity contribution in [2.75, 3.05) is 0 Å². The van der Waals surface area contributed by atoms with Crippen molar-refractivity contribution in [1.82, 2.24) is 0 Å². The zero-order chi connectivity index (χ0) is 0. The SMILES string of the molecule is [249Cf].[I-].[I-].[I-]. The van der Waals surface area contributed by atoms with Gasteiger partial charge in [0.1, 0.15) is 0 Å². The van der Waals surface area contributed by atoms with Crippen molar-refractivity contribution < 1.29 is 71.9 Å². The van der Waals surface area contributed by atoms with Gasteiger partial charge in [0.25, 0.3) is 0 Å². The summed E-state index contributed by atoms with van der Waals surface area (Å²) in [6.45, 7) is 0. The molecule has 0 saturated heterocycles. The number of halogens is 3. The second-order valence-corrected chi connectivity index (χ2v) is 0. The van der Waals surface area contributed by atoms with Gasteiger partial charge in [-0.3, -0.25) is 0 Å². The molecular weight excluding hydrogens is 630 g/mol. The summed E-state index contributed by atoms with van der Waals surface area (Å²) >= 11 is 0. The summed E-state index contributed by atoms with van der Waals surface area (Å²) in [5, 5.41) is 0. The molecule has 0 bridgehead atoms. The van der Waals surface area contributed by atoms with Gasteiger partial charge < -0.3 is 71.9 Å². The summed E-state index contributed by atoms with van der Waals surface area (Å²) < 4.78 is 0. The maximum atomic E-state index is 0. The van der Waals surface area contributed by atoms with E-state index in [-0.39, 0.29) is 71.9 Å².